The van der Waals surface area contributed by atoms with Gasteiger partial charge in [-0.25, -0.2) is 19.5 Å². The van der Waals surface area contributed by atoms with E-state index in [0.29, 0.717) is 5.69 Å². The second-order valence-corrected chi connectivity index (χ2v) is 5.88. The molecule has 1 aromatic heterocycles. The van der Waals surface area contributed by atoms with Gasteiger partial charge in [0.25, 0.3) is 11.8 Å². The van der Waals surface area contributed by atoms with Crippen LogP contribution in [0.25, 0.3) is 0 Å². The molecular weight excluding hydrogens is 368 g/mol. The van der Waals surface area contributed by atoms with Gasteiger partial charge in [0.05, 0.1) is 11.9 Å². The largest absolute Gasteiger partial charge is 0.465 e. The van der Waals surface area contributed by atoms with E-state index in [0.717, 1.165) is 9.80 Å². The van der Waals surface area contributed by atoms with Gasteiger partial charge in [-0.1, -0.05) is 18.2 Å². The summed E-state index contributed by atoms with van der Waals surface area (Å²) in [6.45, 7) is -0.862. The molecule has 1 N–H and O–H groups in total. The van der Waals surface area contributed by atoms with E-state index in [1.807, 2.05) is 6.07 Å². The van der Waals surface area contributed by atoms with Crippen LogP contribution in [0.3, 0.4) is 0 Å². The number of imide groups is 1. The molecule has 2 aromatic rings. The lowest BCUT2D eigenvalue weighted by Crippen LogP contribution is -2.55. The number of hydrogen-bond donors (Lipinski definition) is 1. The molecule has 0 aliphatic carbocycles. The summed E-state index contributed by atoms with van der Waals surface area (Å²) in [4.78, 5) is 54.2. The van der Waals surface area contributed by atoms with Crippen LogP contribution in [-0.4, -0.2) is 59.1 Å². The lowest BCUT2D eigenvalue weighted by Gasteiger charge is -2.30. The molecule has 1 aliphatic rings. The number of amides is 4. The second-order valence-electron chi connectivity index (χ2n) is 5.88. The predicted octanol–water partition coefficient (Wildman–Crippen LogP) is 1.57. The van der Waals surface area contributed by atoms with Crippen molar-refractivity contribution in [1.82, 2.24) is 9.88 Å². The van der Waals surface area contributed by atoms with Crippen LogP contribution in [0.1, 0.15) is 0 Å². The quantitative estimate of drug-likeness (QED) is 0.798. The summed E-state index contributed by atoms with van der Waals surface area (Å²) in [5.74, 6) is -1.39. The van der Waals surface area contributed by atoms with Gasteiger partial charge in [-0.05, 0) is 18.2 Å². The number of carbonyl (C=O) groups excluding carboxylic acids is 3. The van der Waals surface area contributed by atoms with Crippen LogP contribution in [-0.2, 0) is 9.59 Å². The van der Waals surface area contributed by atoms with Crippen molar-refractivity contribution >= 4 is 35.4 Å². The van der Waals surface area contributed by atoms with Crippen LogP contribution < -0.4 is 14.5 Å². The zero-order valence-corrected chi connectivity index (χ0v) is 14.8. The molecule has 10 heteroatoms. The number of carbonyl (C=O) groups is 4. The monoisotopic (exact) mass is 384 g/mol. The third-order valence-corrected chi connectivity index (χ3v) is 4.01. The smallest absolute Gasteiger partial charge is 0.420 e. The molecule has 4 amide bonds. The van der Waals surface area contributed by atoms with Crippen molar-refractivity contribution in [3.63, 3.8) is 0 Å². The summed E-state index contributed by atoms with van der Waals surface area (Å²) in [6, 6.07) is 11.6. The number of piperazine rings is 1. The fourth-order valence-electron chi connectivity index (χ4n) is 2.57. The SMILES string of the molecule is CN(C(=O)Oc1ccc(N2C(=O)CN(C(=O)O)CC2=O)cn1)c1ccccc1. The van der Waals surface area contributed by atoms with Crippen molar-refractivity contribution in [2.45, 2.75) is 0 Å². The van der Waals surface area contributed by atoms with Crippen molar-refractivity contribution < 1.29 is 29.0 Å². The fourth-order valence-corrected chi connectivity index (χ4v) is 2.57. The van der Waals surface area contributed by atoms with Gasteiger partial charge >= 0.3 is 12.2 Å². The Bertz CT molecular complexity index is 897. The standard InChI is InChI=1S/C18H16N4O6/c1-20(12-5-3-2-4-6-12)18(27)28-14-8-7-13(9-19-14)22-15(23)10-21(17(25)26)11-16(22)24/h2-9H,10-11H2,1H3,(H,25,26). The van der Waals surface area contributed by atoms with Crippen LogP contribution >= 0.6 is 0 Å². The van der Waals surface area contributed by atoms with Gasteiger partial charge in [0.1, 0.15) is 13.1 Å². The van der Waals surface area contributed by atoms with Crippen LogP contribution in [0.4, 0.5) is 21.0 Å². The lowest BCUT2D eigenvalue weighted by atomic mass is 10.2. The van der Waals surface area contributed by atoms with Gasteiger partial charge < -0.3 is 9.84 Å². The normalized spacial score (nSPS) is 14.0. The van der Waals surface area contributed by atoms with Crippen molar-refractivity contribution in [2.75, 3.05) is 29.9 Å². The molecule has 28 heavy (non-hydrogen) atoms. The molecule has 0 saturated carbocycles. The van der Waals surface area contributed by atoms with Crippen molar-refractivity contribution in [3.05, 3.63) is 48.7 Å². The molecule has 1 aliphatic heterocycles. The first-order valence-electron chi connectivity index (χ1n) is 8.17. The van der Waals surface area contributed by atoms with Gasteiger partial charge in [0.2, 0.25) is 5.88 Å². The molecule has 0 radical (unpaired) electrons. The number of aromatic nitrogens is 1. The molecule has 10 nitrogen and oxygen atoms in total. The maximum atomic E-state index is 12.2. The highest BCUT2D eigenvalue weighted by molar-refractivity contribution is 6.18. The summed E-state index contributed by atoms with van der Waals surface area (Å²) >= 11 is 0. The number of ether oxygens (including phenoxy) is 1. The molecule has 0 bridgehead atoms. The van der Waals surface area contributed by atoms with Gasteiger partial charge in [0.15, 0.2) is 0 Å². The number of pyridine rings is 1. The van der Waals surface area contributed by atoms with E-state index >= 15 is 0 Å². The Labute approximate surface area is 159 Å². The molecule has 1 aromatic carbocycles. The maximum absolute atomic E-state index is 12.2. The molecule has 0 spiro atoms. The number of hydrogen-bond acceptors (Lipinski definition) is 6. The number of benzene rings is 1. The number of nitrogens with zero attached hydrogens (tertiary/aromatic N) is 4. The van der Waals surface area contributed by atoms with E-state index in [1.165, 1.54) is 23.2 Å². The van der Waals surface area contributed by atoms with Gasteiger partial charge in [0, 0.05) is 18.8 Å². The minimum absolute atomic E-state index is 0.0133. The zero-order valence-electron chi connectivity index (χ0n) is 14.8. The maximum Gasteiger partial charge on any atom is 0.420 e. The first kappa shape index (κ1) is 18.8. The summed E-state index contributed by atoms with van der Waals surface area (Å²) in [6.07, 6.45) is -0.796. The highest BCUT2D eigenvalue weighted by atomic mass is 16.6. The molecule has 3 rings (SSSR count). The predicted molar refractivity (Wildman–Crippen MR) is 97.2 cm³/mol. The van der Waals surface area contributed by atoms with E-state index in [1.54, 1.807) is 31.3 Å². The van der Waals surface area contributed by atoms with E-state index in [9.17, 15) is 19.2 Å². The fraction of sp³-hybridized carbons (Fsp3) is 0.167. The van der Waals surface area contributed by atoms with Crippen LogP contribution in [0.2, 0.25) is 0 Å². The molecule has 144 valence electrons. The Balaban J connectivity index is 1.68. The highest BCUT2D eigenvalue weighted by Gasteiger charge is 2.34. The molecule has 1 fully saturated rings. The first-order chi connectivity index (χ1) is 13.4. The third-order valence-electron chi connectivity index (χ3n) is 4.01. The van der Waals surface area contributed by atoms with E-state index < -0.39 is 37.1 Å². The molecular formula is C18H16N4O6. The Morgan fingerprint density at radius 3 is 2.25 bits per heavy atom. The zero-order chi connectivity index (χ0) is 20.3. The van der Waals surface area contributed by atoms with Crippen LogP contribution in [0.5, 0.6) is 5.88 Å². The molecule has 1 saturated heterocycles. The number of para-hydroxylation sites is 1. The Kier molecular flexibility index (Phi) is 5.21. The van der Waals surface area contributed by atoms with Gasteiger partial charge in [-0.15, -0.1) is 0 Å². The number of anilines is 2. The van der Waals surface area contributed by atoms with Crippen LogP contribution in [0, 0.1) is 0 Å². The first-order valence-corrected chi connectivity index (χ1v) is 8.17. The number of carboxylic acid groups (broad SMARTS) is 1. The van der Waals surface area contributed by atoms with Gasteiger partial charge in [-0.3, -0.25) is 19.4 Å². The van der Waals surface area contributed by atoms with Crippen LogP contribution in [0.15, 0.2) is 48.7 Å². The van der Waals surface area contributed by atoms with E-state index in [4.69, 9.17) is 9.84 Å². The lowest BCUT2D eigenvalue weighted by molar-refractivity contribution is -0.131. The third kappa shape index (κ3) is 3.90. The second kappa shape index (κ2) is 7.74. The molecule has 0 unspecified atom stereocenters. The Morgan fingerprint density at radius 1 is 1.07 bits per heavy atom. The molecule has 2 heterocycles. The average Bonchev–Trinajstić information content (AvgIpc) is 2.68. The van der Waals surface area contributed by atoms with E-state index in [2.05, 4.69) is 4.98 Å². The Morgan fingerprint density at radius 2 is 1.71 bits per heavy atom. The Hall–Kier alpha value is -3.95. The molecule has 0 atom stereocenters. The van der Waals surface area contributed by atoms with Crippen molar-refractivity contribution in [2.24, 2.45) is 0 Å². The average molecular weight is 384 g/mol. The summed E-state index contributed by atoms with van der Waals surface area (Å²) in [5, 5.41) is 8.92. The summed E-state index contributed by atoms with van der Waals surface area (Å²) in [5.41, 5.74) is 0.799. The van der Waals surface area contributed by atoms with Crippen molar-refractivity contribution in [3.8, 4) is 5.88 Å². The summed E-state index contributed by atoms with van der Waals surface area (Å²) in [7, 11) is 1.55. The van der Waals surface area contributed by atoms with E-state index in [-0.39, 0.29) is 11.6 Å². The highest BCUT2D eigenvalue weighted by Crippen LogP contribution is 2.21. The minimum Gasteiger partial charge on any atom is -0.465 e. The minimum atomic E-state index is -1.34. The number of rotatable bonds is 3. The van der Waals surface area contributed by atoms with Crippen molar-refractivity contribution in [1.29, 1.82) is 0 Å². The summed E-state index contributed by atoms with van der Waals surface area (Å²) < 4.78 is 5.18. The van der Waals surface area contributed by atoms with Gasteiger partial charge in [-0.2, -0.15) is 0 Å². The topological polar surface area (TPSA) is 120 Å².